The van der Waals surface area contributed by atoms with Crippen LogP contribution in [0, 0.1) is 0 Å². The third-order valence-electron chi connectivity index (χ3n) is 0.896. The molecule has 0 aliphatic rings. The molecule has 0 aromatic heterocycles. The van der Waals surface area contributed by atoms with Gasteiger partial charge in [0.15, 0.2) is 0 Å². The molecule has 0 unspecified atom stereocenters. The van der Waals surface area contributed by atoms with Gasteiger partial charge in [-0.3, -0.25) is 0 Å². The predicted octanol–water partition coefficient (Wildman–Crippen LogP) is -11.3. The van der Waals surface area contributed by atoms with Crippen molar-refractivity contribution < 1.29 is 128 Å². The Balaban J connectivity index is -0.000000282. The molecule has 0 saturated heterocycles. The molecule has 9 nitrogen and oxygen atoms in total. The van der Waals surface area contributed by atoms with Crippen LogP contribution in [0.15, 0.2) is 0 Å². The van der Waals surface area contributed by atoms with Gasteiger partial charge in [0.2, 0.25) is 0 Å². The van der Waals surface area contributed by atoms with Gasteiger partial charge >= 0.3 is 88.7 Å². The molecule has 86 valence electrons. The summed E-state index contributed by atoms with van der Waals surface area (Å²) in [6.45, 7) is 0. The van der Waals surface area contributed by atoms with Crippen molar-refractivity contribution in [3.8, 4) is 0 Å². The summed E-state index contributed by atoms with van der Waals surface area (Å²) in [4.78, 5) is 0. The van der Waals surface area contributed by atoms with E-state index in [1.54, 1.807) is 0 Å². The summed E-state index contributed by atoms with van der Waals surface area (Å²) >= 11 is -0.00639. The normalized spacial score (nSPS) is 12.7. The Morgan fingerprint density at radius 3 is 0.765 bits per heavy atom. The molecule has 17 heavy (non-hydrogen) atoms. The van der Waals surface area contributed by atoms with E-state index in [-0.39, 0.29) is 111 Å². The first-order valence-electron chi connectivity index (χ1n) is 2.30. The van der Waals surface area contributed by atoms with E-state index in [2.05, 4.69) is 0 Å². The van der Waals surface area contributed by atoms with Crippen LogP contribution in [0.4, 0.5) is 0 Å². The number of alkyl halides is 1. The molecule has 0 aliphatic carbocycles. The smallest absolute Gasteiger partial charge is 0.745 e. The van der Waals surface area contributed by atoms with Crippen LogP contribution in [0.25, 0.3) is 0 Å². The molecule has 0 N–H and O–H groups in total. The van der Waals surface area contributed by atoms with Crippen LogP contribution < -0.4 is 88.7 Å². The number of hydrogen-bond donors (Lipinski definition) is 0. The van der Waals surface area contributed by atoms with Gasteiger partial charge in [-0.1, -0.05) is 0 Å². The molecule has 0 atom stereocenters. The van der Waals surface area contributed by atoms with Crippen LogP contribution in [-0.2, 0) is 30.4 Å². The van der Waals surface area contributed by atoms with Gasteiger partial charge in [-0.25, -0.2) is 25.3 Å². The summed E-state index contributed by atoms with van der Waals surface area (Å²) in [7, 11) is -18.4. The summed E-state index contributed by atoms with van der Waals surface area (Å²) in [5, 5.41) is 0. The second-order valence-corrected chi connectivity index (χ2v) is 11.0. The van der Waals surface area contributed by atoms with E-state index in [9.17, 15) is 38.9 Å². The van der Waals surface area contributed by atoms with Crippen LogP contribution in [0.1, 0.15) is 0 Å². The molecule has 0 radical (unpaired) electrons. The number of rotatable bonds is 3. The molecule has 0 fully saturated rings. The topological polar surface area (TPSA) is 172 Å². The molecule has 0 heterocycles. The maximum Gasteiger partial charge on any atom is 1.00 e. The zero-order valence-electron chi connectivity index (χ0n) is 8.78. The Morgan fingerprint density at radius 1 is 0.647 bits per heavy atom. The second kappa shape index (κ2) is 8.79. The average Bonchev–Trinajstić information content (AvgIpc) is 1.77. The van der Waals surface area contributed by atoms with E-state index in [1.807, 2.05) is 0 Å². The van der Waals surface area contributed by atoms with Crippen molar-refractivity contribution in [2.75, 3.05) is 0 Å². The molecule has 0 aliphatic heterocycles. The zero-order chi connectivity index (χ0) is 12.0. The number of halogens is 1. The summed E-state index contributed by atoms with van der Waals surface area (Å²) < 4.78 is 87.6. The molecule has 0 spiro atoms. The van der Waals surface area contributed by atoms with Crippen molar-refractivity contribution >= 4 is 52.9 Å². The predicted molar refractivity (Wildman–Crippen MR) is 45.8 cm³/mol. The maximum absolute atomic E-state index is 10.2. The van der Waals surface area contributed by atoms with Gasteiger partial charge in [-0.05, 0) is 22.6 Å². The van der Waals surface area contributed by atoms with Gasteiger partial charge in [0.05, 0.1) is 0 Å². The first-order chi connectivity index (χ1) is 5.75. The fourth-order valence-electron chi connectivity index (χ4n) is 0.375. The first kappa shape index (κ1) is 28.6. The molecule has 0 rings (SSSR count). The monoisotopic (exact) mass is 448 g/mol. The Hall–Kier alpha value is 3.46. The summed E-state index contributed by atoms with van der Waals surface area (Å²) in [6.07, 6.45) is 0. The third kappa shape index (κ3) is 6.39. The third-order valence-corrected chi connectivity index (χ3v) is 11.2. The molecular weight excluding hydrogens is 448 g/mol. The minimum Gasteiger partial charge on any atom is -0.745 e. The molecule has 0 aromatic rings. The first-order valence-corrected chi connectivity index (χ1v) is 7.60. The van der Waals surface area contributed by atoms with Crippen molar-refractivity contribution in [1.29, 1.82) is 0 Å². The van der Waals surface area contributed by atoms with Crippen LogP contribution in [0.3, 0.4) is 0 Å². The standard InChI is InChI=1S/CH3IO9S3.3Na/c2-1(12(3,4)5,13(6,7)8)14(9,10)11;;;/h(H,3,4,5)(H,6,7,8)(H,9,10,11);;;/q;3*+1/p-3. The van der Waals surface area contributed by atoms with Crippen LogP contribution in [0.2, 0.25) is 0 Å². The Bertz CT molecular complexity index is 451. The average molecular weight is 448 g/mol. The van der Waals surface area contributed by atoms with Gasteiger partial charge in [-0.15, -0.1) is 0 Å². The largest absolute Gasteiger partial charge is 1.00 e. The van der Waals surface area contributed by atoms with Crippen LogP contribution in [-0.4, -0.2) is 40.3 Å². The molecule has 0 saturated carbocycles. The van der Waals surface area contributed by atoms with E-state index in [0.29, 0.717) is 0 Å². The Labute approximate surface area is 178 Å². The van der Waals surface area contributed by atoms with Crippen LogP contribution in [0.5, 0.6) is 0 Å². The van der Waals surface area contributed by atoms with Gasteiger partial charge < -0.3 is 13.7 Å². The quantitative estimate of drug-likeness (QED) is 0.176. The molecule has 0 bridgehead atoms. The minimum absolute atomic E-state index is 0. The van der Waals surface area contributed by atoms with Crippen molar-refractivity contribution in [1.82, 2.24) is 0 Å². The minimum atomic E-state index is -6.14. The van der Waals surface area contributed by atoms with Gasteiger partial charge in [0, 0.05) is 0 Å². The van der Waals surface area contributed by atoms with E-state index >= 15 is 0 Å². The van der Waals surface area contributed by atoms with Gasteiger partial charge in [0.25, 0.3) is 1.42 Å². The summed E-state index contributed by atoms with van der Waals surface area (Å²) in [5.74, 6) is 0. The zero-order valence-corrected chi connectivity index (χ0v) is 19.4. The van der Waals surface area contributed by atoms with Crippen molar-refractivity contribution in [3.63, 3.8) is 0 Å². The van der Waals surface area contributed by atoms with E-state index in [1.165, 1.54) is 0 Å². The van der Waals surface area contributed by atoms with Crippen LogP contribution >= 0.6 is 22.6 Å². The SMILES string of the molecule is O=S(=O)([O-])C(I)(S(=O)(=O)[O-])S(=O)(=O)[O-].[Na+].[Na+].[Na+]. The summed E-state index contributed by atoms with van der Waals surface area (Å²) in [5.41, 5.74) is 0. The fraction of sp³-hybridized carbons (Fsp3) is 1.00. The Morgan fingerprint density at radius 2 is 0.765 bits per heavy atom. The molecular formula is CINa3O9S3. The van der Waals surface area contributed by atoms with Crippen molar-refractivity contribution in [2.45, 2.75) is 1.42 Å². The molecule has 0 aromatic carbocycles. The van der Waals surface area contributed by atoms with E-state index in [4.69, 9.17) is 0 Å². The summed E-state index contributed by atoms with van der Waals surface area (Å²) in [6, 6.07) is 0. The van der Waals surface area contributed by atoms with E-state index < -0.39 is 31.8 Å². The van der Waals surface area contributed by atoms with Crippen molar-refractivity contribution in [2.24, 2.45) is 0 Å². The number of hydrogen-bond acceptors (Lipinski definition) is 9. The second-order valence-electron chi connectivity index (χ2n) is 1.84. The van der Waals surface area contributed by atoms with Gasteiger partial charge in [0.1, 0.15) is 30.4 Å². The van der Waals surface area contributed by atoms with Gasteiger partial charge in [-0.2, -0.15) is 0 Å². The maximum atomic E-state index is 10.2. The van der Waals surface area contributed by atoms with Crippen molar-refractivity contribution in [3.05, 3.63) is 0 Å². The molecule has 0 amide bonds. The molecule has 16 heteroatoms. The Kier molecular flexibility index (Phi) is 14.8. The fourth-order valence-corrected chi connectivity index (χ4v) is 3.38. The van der Waals surface area contributed by atoms with E-state index in [0.717, 1.165) is 0 Å².